The number of aromatic nitrogens is 2. The van der Waals surface area contributed by atoms with Gasteiger partial charge in [-0.05, 0) is 12.3 Å². The number of nitrogens with one attached hydrogen (secondary N) is 1. The fourth-order valence-electron chi connectivity index (χ4n) is 2.04. The Kier molecular flexibility index (Phi) is 7.13. The standard InChI is InChI=1S/C18H23N3O4/c1-13(2)10-11-19-15(22)12-24-17(23)9-8-16-20-18(21-25-16)14-6-4-3-5-7-14/h3-7,13H,8-12H2,1-2H3,(H,19,22). The second-order valence-electron chi connectivity index (χ2n) is 6.07. The van der Waals surface area contributed by atoms with Crippen molar-refractivity contribution in [2.24, 2.45) is 5.92 Å². The number of ether oxygens (including phenoxy) is 1. The van der Waals surface area contributed by atoms with E-state index >= 15 is 0 Å². The van der Waals surface area contributed by atoms with Crippen LogP contribution in [0.3, 0.4) is 0 Å². The van der Waals surface area contributed by atoms with Gasteiger partial charge in [0.25, 0.3) is 5.91 Å². The lowest BCUT2D eigenvalue weighted by molar-refractivity contribution is -0.148. The maximum Gasteiger partial charge on any atom is 0.306 e. The Morgan fingerprint density at radius 2 is 2.00 bits per heavy atom. The smallest absolute Gasteiger partial charge is 0.306 e. The minimum Gasteiger partial charge on any atom is -0.456 e. The van der Waals surface area contributed by atoms with Gasteiger partial charge in [-0.2, -0.15) is 4.98 Å². The lowest BCUT2D eigenvalue weighted by Gasteiger charge is -2.07. The predicted octanol–water partition coefficient (Wildman–Crippen LogP) is 2.37. The molecule has 0 atom stereocenters. The number of carbonyl (C=O) groups excluding carboxylic acids is 2. The number of esters is 1. The molecule has 1 heterocycles. The summed E-state index contributed by atoms with van der Waals surface area (Å²) in [5, 5.41) is 6.59. The molecule has 0 aliphatic rings. The predicted molar refractivity (Wildman–Crippen MR) is 91.5 cm³/mol. The van der Waals surface area contributed by atoms with Gasteiger partial charge in [-0.1, -0.05) is 49.3 Å². The molecule has 0 aliphatic heterocycles. The van der Waals surface area contributed by atoms with Gasteiger partial charge in [0.2, 0.25) is 11.7 Å². The van der Waals surface area contributed by atoms with Gasteiger partial charge < -0.3 is 14.6 Å². The van der Waals surface area contributed by atoms with Crippen LogP contribution in [0.2, 0.25) is 0 Å². The van der Waals surface area contributed by atoms with E-state index in [1.165, 1.54) is 0 Å². The summed E-state index contributed by atoms with van der Waals surface area (Å²) in [5.74, 6) is 0.584. The Morgan fingerprint density at radius 1 is 1.24 bits per heavy atom. The highest BCUT2D eigenvalue weighted by Crippen LogP contribution is 2.15. The van der Waals surface area contributed by atoms with Crippen molar-refractivity contribution >= 4 is 11.9 Å². The Balaban J connectivity index is 1.68. The minimum atomic E-state index is -0.474. The lowest BCUT2D eigenvalue weighted by atomic mass is 10.1. The van der Waals surface area contributed by atoms with Crippen molar-refractivity contribution in [2.45, 2.75) is 33.1 Å². The highest BCUT2D eigenvalue weighted by atomic mass is 16.5. The maximum absolute atomic E-state index is 11.7. The molecule has 0 bridgehead atoms. The van der Waals surface area contributed by atoms with Crippen LogP contribution >= 0.6 is 0 Å². The summed E-state index contributed by atoms with van der Waals surface area (Å²) in [6.07, 6.45) is 1.24. The molecule has 0 saturated carbocycles. The quantitative estimate of drug-likeness (QED) is 0.701. The highest BCUT2D eigenvalue weighted by Gasteiger charge is 2.12. The van der Waals surface area contributed by atoms with Crippen molar-refractivity contribution < 1.29 is 18.8 Å². The molecule has 2 rings (SSSR count). The summed E-state index contributed by atoms with van der Waals surface area (Å²) in [4.78, 5) is 27.5. The Morgan fingerprint density at radius 3 is 2.72 bits per heavy atom. The van der Waals surface area contributed by atoms with E-state index in [1.54, 1.807) is 0 Å². The van der Waals surface area contributed by atoms with Gasteiger partial charge in [0.05, 0.1) is 6.42 Å². The van der Waals surface area contributed by atoms with E-state index in [0.717, 1.165) is 12.0 Å². The topological polar surface area (TPSA) is 94.3 Å². The van der Waals surface area contributed by atoms with E-state index < -0.39 is 5.97 Å². The Bertz CT molecular complexity index is 683. The molecule has 0 aliphatic carbocycles. The summed E-state index contributed by atoms with van der Waals surface area (Å²) in [6.45, 7) is 4.47. The number of hydrogen-bond acceptors (Lipinski definition) is 6. The van der Waals surface area contributed by atoms with E-state index in [1.807, 2.05) is 30.3 Å². The van der Waals surface area contributed by atoms with Crippen molar-refractivity contribution in [3.63, 3.8) is 0 Å². The zero-order valence-corrected chi connectivity index (χ0v) is 14.5. The molecule has 134 valence electrons. The van der Waals surface area contributed by atoms with Crippen LogP contribution in [0.4, 0.5) is 0 Å². The average Bonchev–Trinajstić information content (AvgIpc) is 3.07. The van der Waals surface area contributed by atoms with Gasteiger partial charge in [0, 0.05) is 18.5 Å². The molecule has 0 fully saturated rings. The average molecular weight is 345 g/mol. The van der Waals surface area contributed by atoms with Gasteiger partial charge in [0.1, 0.15) is 0 Å². The van der Waals surface area contributed by atoms with Gasteiger partial charge in [-0.15, -0.1) is 0 Å². The molecule has 0 spiro atoms. The molecule has 1 amide bonds. The van der Waals surface area contributed by atoms with Crippen molar-refractivity contribution in [3.8, 4) is 11.4 Å². The zero-order chi connectivity index (χ0) is 18.1. The van der Waals surface area contributed by atoms with Crippen molar-refractivity contribution in [1.29, 1.82) is 0 Å². The summed E-state index contributed by atoms with van der Waals surface area (Å²) >= 11 is 0. The third-order valence-corrected chi connectivity index (χ3v) is 3.45. The monoisotopic (exact) mass is 345 g/mol. The van der Waals surface area contributed by atoms with E-state index in [2.05, 4.69) is 29.3 Å². The molecule has 1 aromatic carbocycles. The molecular weight excluding hydrogens is 322 g/mol. The number of rotatable bonds is 9. The first-order valence-corrected chi connectivity index (χ1v) is 8.35. The van der Waals surface area contributed by atoms with Crippen LogP contribution in [0.25, 0.3) is 11.4 Å². The van der Waals surface area contributed by atoms with Gasteiger partial charge in [-0.3, -0.25) is 9.59 Å². The van der Waals surface area contributed by atoms with Crippen LogP contribution in [0, 0.1) is 5.92 Å². The number of hydrogen-bond donors (Lipinski definition) is 1. The van der Waals surface area contributed by atoms with Crippen molar-refractivity contribution in [1.82, 2.24) is 15.5 Å². The Labute approximate surface area is 146 Å². The van der Waals surface area contributed by atoms with Crippen LogP contribution in [-0.4, -0.2) is 35.2 Å². The third kappa shape index (κ3) is 6.74. The minimum absolute atomic E-state index is 0.0791. The van der Waals surface area contributed by atoms with Crippen LogP contribution in [-0.2, 0) is 20.7 Å². The van der Waals surface area contributed by atoms with E-state index in [-0.39, 0.29) is 25.4 Å². The molecule has 1 aromatic heterocycles. The fraction of sp³-hybridized carbons (Fsp3) is 0.444. The van der Waals surface area contributed by atoms with Crippen LogP contribution in [0.15, 0.2) is 34.9 Å². The van der Waals surface area contributed by atoms with Crippen LogP contribution < -0.4 is 5.32 Å². The van der Waals surface area contributed by atoms with E-state index in [4.69, 9.17) is 9.26 Å². The number of benzene rings is 1. The number of nitrogens with zero attached hydrogens (tertiary/aromatic N) is 2. The summed E-state index contributed by atoms with van der Waals surface area (Å²) in [5.41, 5.74) is 0.846. The maximum atomic E-state index is 11.7. The number of carbonyl (C=O) groups is 2. The van der Waals surface area contributed by atoms with Gasteiger partial charge in [-0.25, -0.2) is 0 Å². The molecule has 0 radical (unpaired) electrons. The van der Waals surface area contributed by atoms with Crippen LogP contribution in [0.5, 0.6) is 0 Å². The largest absolute Gasteiger partial charge is 0.456 e. The Hall–Kier alpha value is -2.70. The number of amides is 1. The second kappa shape index (κ2) is 9.56. The normalized spacial score (nSPS) is 10.7. The lowest BCUT2D eigenvalue weighted by Crippen LogP contribution is -2.30. The number of aryl methyl sites for hydroxylation is 1. The van der Waals surface area contributed by atoms with Gasteiger partial charge >= 0.3 is 5.97 Å². The summed E-state index contributed by atoms with van der Waals surface area (Å²) in [7, 11) is 0. The molecular formula is C18H23N3O4. The molecule has 0 unspecified atom stereocenters. The highest BCUT2D eigenvalue weighted by molar-refractivity contribution is 5.80. The van der Waals surface area contributed by atoms with Crippen LogP contribution in [0.1, 0.15) is 32.6 Å². The second-order valence-corrected chi connectivity index (χ2v) is 6.07. The van der Waals surface area contributed by atoms with Gasteiger partial charge in [0.15, 0.2) is 6.61 Å². The SMILES string of the molecule is CC(C)CCNC(=O)COC(=O)CCc1nc(-c2ccccc2)no1. The van der Waals surface area contributed by atoms with Crippen molar-refractivity contribution in [2.75, 3.05) is 13.2 Å². The molecule has 25 heavy (non-hydrogen) atoms. The molecule has 7 heteroatoms. The molecule has 7 nitrogen and oxygen atoms in total. The van der Waals surface area contributed by atoms with Crippen molar-refractivity contribution in [3.05, 3.63) is 36.2 Å². The molecule has 1 N–H and O–H groups in total. The fourth-order valence-corrected chi connectivity index (χ4v) is 2.04. The first-order chi connectivity index (χ1) is 12.0. The van der Waals surface area contributed by atoms with E-state index in [9.17, 15) is 9.59 Å². The zero-order valence-electron chi connectivity index (χ0n) is 14.5. The summed E-state index contributed by atoms with van der Waals surface area (Å²) < 4.78 is 10.1. The third-order valence-electron chi connectivity index (χ3n) is 3.45. The first-order valence-electron chi connectivity index (χ1n) is 8.35. The summed E-state index contributed by atoms with van der Waals surface area (Å²) in [6, 6.07) is 9.42. The molecule has 2 aromatic rings. The first kappa shape index (κ1) is 18.6. The van der Waals surface area contributed by atoms with E-state index in [0.29, 0.717) is 24.2 Å². The molecule has 0 saturated heterocycles.